The number of benzene rings is 2. The molecule has 0 aliphatic heterocycles. The van der Waals surface area contributed by atoms with Crippen molar-refractivity contribution in [2.45, 2.75) is 17.4 Å². The van der Waals surface area contributed by atoms with Gasteiger partial charge in [-0.2, -0.15) is 0 Å². The zero-order valence-electron chi connectivity index (χ0n) is 11.3. The summed E-state index contributed by atoms with van der Waals surface area (Å²) in [4.78, 5) is 1.11. The van der Waals surface area contributed by atoms with Crippen molar-refractivity contribution >= 4 is 23.4 Å². The van der Waals surface area contributed by atoms with Crippen LogP contribution in [0.15, 0.2) is 53.4 Å². The lowest BCUT2D eigenvalue weighted by atomic mass is 10.1. The largest absolute Gasteiger partial charge is 0.496 e. The molecule has 2 rings (SSSR count). The summed E-state index contributed by atoms with van der Waals surface area (Å²) in [6.07, 6.45) is 0.178. The van der Waals surface area contributed by atoms with Crippen molar-refractivity contribution in [3.63, 3.8) is 0 Å². The van der Waals surface area contributed by atoms with Crippen molar-refractivity contribution in [2.24, 2.45) is 0 Å². The summed E-state index contributed by atoms with van der Waals surface area (Å²) in [6.45, 7) is 0. The van der Waals surface area contributed by atoms with Crippen LogP contribution in [-0.2, 0) is 6.42 Å². The predicted molar refractivity (Wildman–Crippen MR) is 84.9 cm³/mol. The highest BCUT2D eigenvalue weighted by Gasteiger charge is 2.10. The highest BCUT2D eigenvalue weighted by Crippen LogP contribution is 2.24. The molecule has 106 valence electrons. The Labute approximate surface area is 128 Å². The van der Waals surface area contributed by atoms with Crippen molar-refractivity contribution < 1.29 is 9.84 Å². The number of para-hydroxylation sites is 1. The van der Waals surface area contributed by atoms with Gasteiger partial charge in [-0.3, -0.25) is 0 Å². The summed E-state index contributed by atoms with van der Waals surface area (Å²) < 4.78 is 5.29. The molecule has 0 saturated heterocycles. The lowest BCUT2D eigenvalue weighted by Crippen LogP contribution is -2.14. The Morgan fingerprint density at radius 3 is 2.55 bits per heavy atom. The van der Waals surface area contributed by atoms with E-state index in [9.17, 15) is 5.11 Å². The fourth-order valence-corrected chi connectivity index (χ4v) is 2.86. The normalized spacial score (nSPS) is 12.2. The van der Waals surface area contributed by atoms with Crippen LogP contribution < -0.4 is 4.74 Å². The predicted octanol–water partition coefficient (Wildman–Crippen LogP) is 4.04. The third-order valence-electron chi connectivity index (χ3n) is 2.90. The molecule has 0 fully saturated rings. The van der Waals surface area contributed by atoms with Crippen LogP contribution in [-0.4, -0.2) is 24.1 Å². The first-order chi connectivity index (χ1) is 9.69. The second-order valence-electron chi connectivity index (χ2n) is 4.43. The van der Waals surface area contributed by atoms with E-state index in [-0.39, 0.29) is 0 Å². The monoisotopic (exact) mass is 308 g/mol. The smallest absolute Gasteiger partial charge is 0.122 e. The van der Waals surface area contributed by atoms with Crippen molar-refractivity contribution in [1.82, 2.24) is 0 Å². The zero-order chi connectivity index (χ0) is 14.4. The van der Waals surface area contributed by atoms with Crippen LogP contribution in [0.2, 0.25) is 5.02 Å². The summed E-state index contributed by atoms with van der Waals surface area (Å²) in [5, 5.41) is 10.9. The van der Waals surface area contributed by atoms with Gasteiger partial charge in [-0.25, -0.2) is 0 Å². The summed E-state index contributed by atoms with van der Waals surface area (Å²) in [5.41, 5.74) is 1.03. The van der Waals surface area contributed by atoms with Crippen molar-refractivity contribution in [3.8, 4) is 5.75 Å². The molecule has 0 heterocycles. The molecule has 0 aliphatic carbocycles. The van der Waals surface area contributed by atoms with E-state index in [0.29, 0.717) is 12.2 Å². The van der Waals surface area contributed by atoms with E-state index in [1.807, 2.05) is 48.5 Å². The number of hydrogen-bond donors (Lipinski definition) is 1. The fourth-order valence-electron chi connectivity index (χ4n) is 1.91. The number of ether oxygens (including phenoxy) is 1. The number of thioether (sulfide) groups is 1. The Hall–Kier alpha value is -1.16. The number of rotatable bonds is 6. The Bertz CT molecular complexity index is 542. The van der Waals surface area contributed by atoms with E-state index in [0.717, 1.165) is 21.2 Å². The Kier molecular flexibility index (Phi) is 5.77. The Morgan fingerprint density at radius 2 is 1.85 bits per heavy atom. The van der Waals surface area contributed by atoms with Crippen LogP contribution in [0.5, 0.6) is 5.75 Å². The third-order valence-corrected chi connectivity index (χ3v) is 4.31. The van der Waals surface area contributed by atoms with Crippen LogP contribution >= 0.6 is 23.4 Å². The van der Waals surface area contributed by atoms with Gasteiger partial charge in [0.15, 0.2) is 0 Å². The summed E-state index contributed by atoms with van der Waals surface area (Å²) in [7, 11) is 1.65. The quantitative estimate of drug-likeness (QED) is 0.817. The first kappa shape index (κ1) is 15.2. The van der Waals surface area contributed by atoms with Gasteiger partial charge in [0.1, 0.15) is 5.75 Å². The molecule has 0 bridgehead atoms. The molecule has 4 heteroatoms. The Morgan fingerprint density at radius 1 is 1.15 bits per heavy atom. The molecule has 0 spiro atoms. The molecule has 0 radical (unpaired) electrons. The molecular weight excluding hydrogens is 292 g/mol. The van der Waals surface area contributed by atoms with E-state index in [1.54, 1.807) is 18.9 Å². The SMILES string of the molecule is COc1ccccc1CC(O)CSc1ccc(Cl)cc1. The number of methoxy groups -OCH3 is 1. The average Bonchev–Trinajstić information content (AvgIpc) is 2.47. The first-order valence-electron chi connectivity index (χ1n) is 6.37. The van der Waals surface area contributed by atoms with Gasteiger partial charge in [0.25, 0.3) is 0 Å². The van der Waals surface area contributed by atoms with Gasteiger partial charge in [-0.1, -0.05) is 29.8 Å². The molecule has 2 nitrogen and oxygen atoms in total. The number of hydrogen-bond acceptors (Lipinski definition) is 3. The van der Waals surface area contributed by atoms with Crippen LogP contribution in [0.1, 0.15) is 5.56 Å². The molecule has 1 unspecified atom stereocenters. The van der Waals surface area contributed by atoms with Crippen molar-refractivity contribution in [1.29, 1.82) is 0 Å². The van der Waals surface area contributed by atoms with Gasteiger partial charge in [-0.05, 0) is 35.9 Å². The van der Waals surface area contributed by atoms with Gasteiger partial charge in [0.05, 0.1) is 13.2 Å². The number of aliphatic hydroxyl groups is 1. The maximum absolute atomic E-state index is 10.1. The van der Waals surface area contributed by atoms with Crippen LogP contribution in [0.3, 0.4) is 0 Å². The second kappa shape index (κ2) is 7.58. The van der Waals surface area contributed by atoms with Gasteiger partial charge in [0.2, 0.25) is 0 Å². The highest BCUT2D eigenvalue weighted by atomic mass is 35.5. The molecule has 20 heavy (non-hydrogen) atoms. The van der Waals surface area contributed by atoms with E-state index in [1.165, 1.54) is 0 Å². The van der Waals surface area contributed by atoms with Crippen molar-refractivity contribution in [3.05, 3.63) is 59.1 Å². The summed E-state index contributed by atoms with van der Waals surface area (Å²) >= 11 is 7.46. The lowest BCUT2D eigenvalue weighted by molar-refractivity contribution is 0.199. The zero-order valence-corrected chi connectivity index (χ0v) is 12.8. The van der Waals surface area contributed by atoms with E-state index in [4.69, 9.17) is 16.3 Å². The van der Waals surface area contributed by atoms with Gasteiger partial charge < -0.3 is 9.84 Å². The molecule has 0 aliphatic rings. The molecule has 0 saturated carbocycles. The lowest BCUT2D eigenvalue weighted by Gasteiger charge is -2.13. The first-order valence-corrected chi connectivity index (χ1v) is 7.73. The number of aliphatic hydroxyl groups excluding tert-OH is 1. The molecule has 0 amide bonds. The van der Waals surface area contributed by atoms with Crippen molar-refractivity contribution in [2.75, 3.05) is 12.9 Å². The standard InChI is InChI=1S/C16H17ClO2S/c1-19-16-5-3-2-4-12(16)10-14(18)11-20-15-8-6-13(17)7-9-15/h2-9,14,18H,10-11H2,1H3. The van der Waals surface area contributed by atoms with Gasteiger partial charge in [-0.15, -0.1) is 11.8 Å². The van der Waals surface area contributed by atoms with Crippen LogP contribution in [0.4, 0.5) is 0 Å². The minimum atomic E-state index is -0.410. The van der Waals surface area contributed by atoms with E-state index < -0.39 is 6.10 Å². The van der Waals surface area contributed by atoms with Crippen LogP contribution in [0.25, 0.3) is 0 Å². The third kappa shape index (κ3) is 4.44. The minimum absolute atomic E-state index is 0.410. The van der Waals surface area contributed by atoms with Crippen LogP contribution in [0, 0.1) is 0 Å². The molecule has 2 aromatic rings. The molecule has 2 aromatic carbocycles. The maximum Gasteiger partial charge on any atom is 0.122 e. The topological polar surface area (TPSA) is 29.5 Å². The maximum atomic E-state index is 10.1. The molecule has 0 aromatic heterocycles. The Balaban J connectivity index is 1.89. The fraction of sp³-hybridized carbons (Fsp3) is 0.250. The van der Waals surface area contributed by atoms with Gasteiger partial charge in [0, 0.05) is 22.1 Å². The van der Waals surface area contributed by atoms with E-state index in [2.05, 4.69) is 0 Å². The molecular formula is C16H17ClO2S. The molecule has 1 atom stereocenters. The van der Waals surface area contributed by atoms with Gasteiger partial charge >= 0.3 is 0 Å². The second-order valence-corrected chi connectivity index (χ2v) is 5.96. The summed E-state index contributed by atoms with van der Waals surface area (Å²) in [5.74, 6) is 1.46. The molecule has 1 N–H and O–H groups in total. The summed E-state index contributed by atoms with van der Waals surface area (Å²) in [6, 6.07) is 15.4. The average molecular weight is 309 g/mol. The van der Waals surface area contributed by atoms with E-state index >= 15 is 0 Å². The number of halogens is 1. The minimum Gasteiger partial charge on any atom is -0.496 e. The highest BCUT2D eigenvalue weighted by molar-refractivity contribution is 7.99.